The zero-order chi connectivity index (χ0) is 19.9. The third-order valence-electron chi connectivity index (χ3n) is 5.41. The number of nitrogens with one attached hydrogen (secondary N) is 2. The molecule has 0 fully saturated rings. The molecule has 0 saturated carbocycles. The van der Waals surface area contributed by atoms with Gasteiger partial charge in [-0.3, -0.25) is 9.59 Å². The van der Waals surface area contributed by atoms with Gasteiger partial charge in [-0.2, -0.15) is 0 Å². The number of Topliss-reactive ketones (excluding diaryl/α,β-unsaturated/α-hetero) is 1. The molecule has 5 nitrogen and oxygen atoms in total. The van der Waals surface area contributed by atoms with Crippen molar-refractivity contribution in [2.75, 3.05) is 23.8 Å². The van der Waals surface area contributed by atoms with Crippen molar-refractivity contribution in [3.05, 3.63) is 57.9 Å². The number of hydrogen-bond donors (Lipinski definition) is 2. The van der Waals surface area contributed by atoms with Crippen LogP contribution in [0.15, 0.2) is 53.0 Å². The standard InChI is InChI=1S/C22H25N3O2S/c1-22(2)11-15-20(17(26)12-22)21(18-9-6-10-28-18)25(13-19(27)23-3)16-8-5-4-7-14(16)24-15/h4-10,21,24H,11-13H2,1-3H3,(H,23,27)/t21-/m1/s1. The summed E-state index contributed by atoms with van der Waals surface area (Å²) in [4.78, 5) is 28.9. The van der Waals surface area contributed by atoms with E-state index in [2.05, 4.69) is 35.4 Å². The van der Waals surface area contributed by atoms with Crippen molar-refractivity contribution in [3.63, 3.8) is 0 Å². The lowest BCUT2D eigenvalue weighted by Crippen LogP contribution is -2.41. The van der Waals surface area contributed by atoms with Crippen LogP contribution < -0.4 is 15.5 Å². The summed E-state index contributed by atoms with van der Waals surface area (Å²) in [5, 5.41) is 8.30. The van der Waals surface area contributed by atoms with Gasteiger partial charge in [0.1, 0.15) is 0 Å². The predicted molar refractivity (Wildman–Crippen MR) is 114 cm³/mol. The molecule has 6 heteroatoms. The van der Waals surface area contributed by atoms with Crippen molar-refractivity contribution >= 4 is 34.4 Å². The Morgan fingerprint density at radius 3 is 2.75 bits per heavy atom. The van der Waals surface area contributed by atoms with Gasteiger partial charge in [-0.05, 0) is 35.4 Å². The number of amides is 1. The average molecular weight is 396 g/mol. The molecule has 2 heterocycles. The Labute approximate surface area is 169 Å². The molecule has 0 radical (unpaired) electrons. The van der Waals surface area contributed by atoms with Gasteiger partial charge in [0.05, 0.1) is 24.0 Å². The van der Waals surface area contributed by atoms with Gasteiger partial charge in [-0.1, -0.05) is 32.0 Å². The summed E-state index contributed by atoms with van der Waals surface area (Å²) in [6.45, 7) is 4.45. The first-order chi connectivity index (χ1) is 13.4. The Morgan fingerprint density at radius 1 is 1.25 bits per heavy atom. The molecule has 0 spiro atoms. The van der Waals surface area contributed by atoms with E-state index < -0.39 is 0 Å². The SMILES string of the molecule is CNC(=O)CN1c2ccccc2NC2=C(C(=O)CC(C)(C)C2)[C@H]1c1cccs1. The second-order valence-electron chi connectivity index (χ2n) is 8.19. The monoisotopic (exact) mass is 395 g/mol. The zero-order valence-electron chi connectivity index (χ0n) is 16.4. The van der Waals surface area contributed by atoms with Crippen LogP contribution in [0.3, 0.4) is 0 Å². The maximum Gasteiger partial charge on any atom is 0.239 e. The van der Waals surface area contributed by atoms with Crippen molar-refractivity contribution in [2.45, 2.75) is 32.7 Å². The van der Waals surface area contributed by atoms with Gasteiger partial charge in [0.25, 0.3) is 0 Å². The van der Waals surface area contributed by atoms with Gasteiger partial charge < -0.3 is 15.5 Å². The lowest BCUT2D eigenvalue weighted by Gasteiger charge is -2.37. The fourth-order valence-corrected chi connectivity index (χ4v) is 5.05. The molecule has 2 aliphatic rings. The van der Waals surface area contributed by atoms with Crippen LogP contribution in [0.5, 0.6) is 0 Å². The van der Waals surface area contributed by atoms with Crippen LogP contribution in [0.2, 0.25) is 0 Å². The molecule has 0 unspecified atom stereocenters. The highest BCUT2D eigenvalue weighted by Gasteiger charge is 2.42. The second-order valence-corrected chi connectivity index (χ2v) is 9.17. The van der Waals surface area contributed by atoms with Crippen molar-refractivity contribution in [3.8, 4) is 0 Å². The van der Waals surface area contributed by atoms with Gasteiger partial charge in [-0.25, -0.2) is 0 Å². The molecule has 1 aliphatic carbocycles. The summed E-state index contributed by atoms with van der Waals surface area (Å²) in [5.41, 5.74) is 3.55. The third kappa shape index (κ3) is 3.33. The molecule has 1 amide bonds. The number of benzene rings is 1. The van der Waals surface area contributed by atoms with Gasteiger partial charge >= 0.3 is 0 Å². The highest BCUT2D eigenvalue weighted by Crippen LogP contribution is 2.48. The van der Waals surface area contributed by atoms with Crippen LogP contribution >= 0.6 is 11.3 Å². The Morgan fingerprint density at radius 2 is 2.04 bits per heavy atom. The topological polar surface area (TPSA) is 61.4 Å². The van der Waals surface area contributed by atoms with Crippen molar-refractivity contribution in [1.82, 2.24) is 5.32 Å². The van der Waals surface area contributed by atoms with E-state index in [1.165, 1.54) is 0 Å². The zero-order valence-corrected chi connectivity index (χ0v) is 17.2. The van der Waals surface area contributed by atoms with Crippen LogP contribution in [0, 0.1) is 5.41 Å². The lowest BCUT2D eigenvalue weighted by molar-refractivity contribution is -0.120. The van der Waals surface area contributed by atoms with Crippen molar-refractivity contribution < 1.29 is 9.59 Å². The normalized spacial score (nSPS) is 20.8. The molecule has 1 aromatic heterocycles. The number of likely N-dealkylation sites (N-methyl/N-ethyl adjacent to an activating group) is 1. The molecule has 1 atom stereocenters. The molecule has 0 bridgehead atoms. The van der Waals surface area contributed by atoms with Gasteiger partial charge in [0.15, 0.2) is 5.78 Å². The van der Waals surface area contributed by atoms with E-state index in [1.807, 2.05) is 35.7 Å². The molecule has 2 aromatic rings. The first-order valence-electron chi connectivity index (χ1n) is 9.52. The molecule has 1 aliphatic heterocycles. The second kappa shape index (κ2) is 7.09. The highest BCUT2D eigenvalue weighted by molar-refractivity contribution is 7.10. The molecule has 0 saturated heterocycles. The van der Waals surface area contributed by atoms with Crippen molar-refractivity contribution in [1.29, 1.82) is 0 Å². The van der Waals surface area contributed by atoms with Crippen LogP contribution in [-0.4, -0.2) is 25.3 Å². The van der Waals surface area contributed by atoms with Crippen LogP contribution in [0.25, 0.3) is 0 Å². The molecule has 146 valence electrons. The predicted octanol–water partition coefficient (Wildman–Crippen LogP) is 4.11. The number of hydrogen-bond acceptors (Lipinski definition) is 5. The molecule has 4 rings (SSSR count). The lowest BCUT2D eigenvalue weighted by atomic mass is 9.74. The summed E-state index contributed by atoms with van der Waals surface area (Å²) in [7, 11) is 1.64. The Bertz CT molecular complexity index is 946. The highest BCUT2D eigenvalue weighted by atomic mass is 32.1. The minimum absolute atomic E-state index is 0.0796. The number of carbonyl (C=O) groups is 2. The largest absolute Gasteiger partial charge is 0.358 e. The van der Waals surface area contributed by atoms with E-state index in [4.69, 9.17) is 0 Å². The minimum atomic E-state index is -0.271. The van der Waals surface area contributed by atoms with Gasteiger partial charge in [0, 0.05) is 29.6 Å². The van der Waals surface area contributed by atoms with Crippen LogP contribution in [0.1, 0.15) is 37.6 Å². The summed E-state index contributed by atoms with van der Waals surface area (Å²) < 4.78 is 0. The fraction of sp³-hybridized carbons (Fsp3) is 0.364. The van der Waals surface area contributed by atoms with Crippen LogP contribution in [0.4, 0.5) is 11.4 Å². The number of rotatable bonds is 3. The molecule has 28 heavy (non-hydrogen) atoms. The average Bonchev–Trinajstić information content (AvgIpc) is 3.13. The Balaban J connectivity index is 1.94. The van der Waals surface area contributed by atoms with Crippen molar-refractivity contribution in [2.24, 2.45) is 5.41 Å². The first kappa shape index (κ1) is 18.7. The van der Waals surface area contributed by atoms with E-state index in [0.29, 0.717) is 6.42 Å². The Hall–Kier alpha value is -2.60. The van der Waals surface area contributed by atoms with E-state index in [9.17, 15) is 9.59 Å². The number of para-hydroxylation sites is 2. The van der Waals surface area contributed by atoms with Gasteiger partial charge in [-0.15, -0.1) is 11.3 Å². The summed E-state index contributed by atoms with van der Waals surface area (Å²) in [6, 6.07) is 11.8. The number of allylic oxidation sites excluding steroid dienone is 1. The van der Waals surface area contributed by atoms with E-state index in [-0.39, 0.29) is 29.7 Å². The summed E-state index contributed by atoms with van der Waals surface area (Å²) in [5.74, 6) is 0.0795. The number of carbonyl (C=O) groups excluding carboxylic acids is 2. The van der Waals surface area contributed by atoms with E-state index in [0.717, 1.165) is 33.9 Å². The maximum absolute atomic E-state index is 13.3. The van der Waals surface area contributed by atoms with Crippen LogP contribution in [-0.2, 0) is 9.59 Å². The third-order valence-corrected chi connectivity index (χ3v) is 6.33. The molecule has 1 aromatic carbocycles. The summed E-state index contributed by atoms with van der Waals surface area (Å²) in [6.07, 6.45) is 1.32. The number of fused-ring (bicyclic) bond motifs is 1. The molecular formula is C22H25N3O2S. The molecule has 2 N–H and O–H groups in total. The maximum atomic E-state index is 13.3. The first-order valence-corrected chi connectivity index (χ1v) is 10.4. The number of thiophene rings is 1. The Kier molecular flexibility index (Phi) is 4.75. The number of anilines is 2. The smallest absolute Gasteiger partial charge is 0.239 e. The van der Waals surface area contributed by atoms with E-state index >= 15 is 0 Å². The van der Waals surface area contributed by atoms with Gasteiger partial charge in [0.2, 0.25) is 5.91 Å². The quantitative estimate of drug-likeness (QED) is 0.821. The number of ketones is 1. The molecular weight excluding hydrogens is 370 g/mol. The summed E-state index contributed by atoms with van der Waals surface area (Å²) >= 11 is 1.62. The minimum Gasteiger partial charge on any atom is -0.358 e. The fourth-order valence-electron chi connectivity index (χ4n) is 4.20. The number of nitrogens with zero attached hydrogens (tertiary/aromatic N) is 1. The van der Waals surface area contributed by atoms with E-state index in [1.54, 1.807) is 18.4 Å².